The number of halogens is 2. The van der Waals surface area contributed by atoms with Crippen LogP contribution in [0.25, 0.3) is 0 Å². The molecule has 1 fully saturated rings. The summed E-state index contributed by atoms with van der Waals surface area (Å²) in [4.78, 5) is 0.284. The monoisotopic (exact) mass is 379 g/mol. The predicted octanol–water partition coefficient (Wildman–Crippen LogP) is 4.30. The van der Waals surface area contributed by atoms with Gasteiger partial charge in [0.05, 0.1) is 9.92 Å². The van der Waals surface area contributed by atoms with Crippen LogP contribution in [0.1, 0.15) is 32.1 Å². The molecule has 0 heterocycles. The molecule has 0 amide bonds. The Bertz CT molecular complexity index is 571. The number of sulfonamides is 1. The van der Waals surface area contributed by atoms with Crippen LogP contribution in [0, 0.1) is 5.92 Å². The molecule has 2 rings (SSSR count). The Morgan fingerprint density at radius 2 is 1.95 bits per heavy atom. The van der Waals surface area contributed by atoms with Gasteiger partial charge in [-0.25, -0.2) is 12.7 Å². The molecule has 6 heteroatoms. The second kappa shape index (κ2) is 6.77. The molecule has 1 aromatic carbocycles. The number of nitrogens with zero attached hydrogens (tertiary/aromatic N) is 1. The molecule has 1 aliphatic carbocycles. The van der Waals surface area contributed by atoms with E-state index in [2.05, 4.69) is 15.9 Å². The van der Waals surface area contributed by atoms with E-state index in [1.807, 2.05) is 0 Å². The molecule has 0 saturated heterocycles. The second-order valence-electron chi connectivity index (χ2n) is 5.37. The van der Waals surface area contributed by atoms with Gasteiger partial charge in [-0.2, -0.15) is 0 Å². The highest BCUT2D eigenvalue weighted by molar-refractivity contribution is 9.10. The maximum Gasteiger partial charge on any atom is 0.242 e. The Kier molecular flexibility index (Phi) is 5.51. The van der Waals surface area contributed by atoms with Gasteiger partial charge < -0.3 is 0 Å². The van der Waals surface area contributed by atoms with Crippen molar-refractivity contribution in [2.45, 2.75) is 37.0 Å². The van der Waals surface area contributed by atoms with Crippen LogP contribution in [0.3, 0.4) is 0 Å². The van der Waals surface area contributed by atoms with Gasteiger partial charge >= 0.3 is 0 Å². The minimum Gasteiger partial charge on any atom is -0.207 e. The maximum atomic E-state index is 12.5. The maximum absolute atomic E-state index is 12.5. The van der Waals surface area contributed by atoms with E-state index >= 15 is 0 Å². The molecule has 0 bridgehead atoms. The van der Waals surface area contributed by atoms with Gasteiger partial charge in [-0.05, 0) is 52.9 Å². The molecule has 3 nitrogen and oxygen atoms in total. The quantitative estimate of drug-likeness (QED) is 0.781. The lowest BCUT2D eigenvalue weighted by Gasteiger charge is -2.26. The van der Waals surface area contributed by atoms with Crippen molar-refractivity contribution in [1.29, 1.82) is 0 Å². The van der Waals surface area contributed by atoms with Crippen molar-refractivity contribution >= 4 is 37.6 Å². The van der Waals surface area contributed by atoms with E-state index in [-0.39, 0.29) is 4.90 Å². The largest absolute Gasteiger partial charge is 0.242 e. The van der Waals surface area contributed by atoms with E-state index in [9.17, 15) is 8.42 Å². The molecule has 1 aromatic rings. The second-order valence-corrected chi connectivity index (χ2v) is 8.67. The normalized spacial score (nSPS) is 17.6. The summed E-state index contributed by atoms with van der Waals surface area (Å²) in [5, 5.41) is 0.513. The third-order valence-electron chi connectivity index (χ3n) is 3.84. The zero-order chi connectivity index (χ0) is 14.8. The van der Waals surface area contributed by atoms with E-state index in [0.717, 1.165) is 12.8 Å². The molecule has 20 heavy (non-hydrogen) atoms. The first-order chi connectivity index (χ1) is 9.41. The van der Waals surface area contributed by atoms with Gasteiger partial charge in [0.15, 0.2) is 0 Å². The van der Waals surface area contributed by atoms with Gasteiger partial charge in [-0.1, -0.05) is 30.9 Å². The van der Waals surface area contributed by atoms with Crippen molar-refractivity contribution in [3.05, 3.63) is 27.7 Å². The lowest BCUT2D eigenvalue weighted by molar-refractivity contribution is 0.300. The lowest BCUT2D eigenvalue weighted by atomic mass is 9.89. The highest BCUT2D eigenvalue weighted by Crippen LogP contribution is 2.29. The Morgan fingerprint density at radius 3 is 2.55 bits per heavy atom. The molecule has 0 aromatic heterocycles. The zero-order valence-corrected chi connectivity index (χ0v) is 14.6. The van der Waals surface area contributed by atoms with Crippen LogP contribution in [0.5, 0.6) is 0 Å². The molecule has 1 aliphatic rings. The molecule has 0 atom stereocenters. The number of hydrogen-bond acceptors (Lipinski definition) is 2. The van der Waals surface area contributed by atoms with Crippen LogP contribution < -0.4 is 0 Å². The highest BCUT2D eigenvalue weighted by atomic mass is 79.9. The fraction of sp³-hybridized carbons (Fsp3) is 0.571. The predicted molar refractivity (Wildman–Crippen MR) is 85.5 cm³/mol. The third kappa shape index (κ3) is 3.75. The third-order valence-corrected chi connectivity index (χ3v) is 6.87. The van der Waals surface area contributed by atoms with Gasteiger partial charge in [-0.15, -0.1) is 0 Å². The van der Waals surface area contributed by atoms with Crippen molar-refractivity contribution in [2.24, 2.45) is 5.92 Å². The van der Waals surface area contributed by atoms with Crippen molar-refractivity contribution in [3.63, 3.8) is 0 Å². The van der Waals surface area contributed by atoms with Crippen molar-refractivity contribution < 1.29 is 8.42 Å². The first kappa shape index (κ1) is 16.3. The van der Waals surface area contributed by atoms with Crippen LogP contribution in [0.2, 0.25) is 5.02 Å². The van der Waals surface area contributed by atoms with E-state index < -0.39 is 10.0 Å². The van der Waals surface area contributed by atoms with Crippen LogP contribution in [0.4, 0.5) is 0 Å². The molecule has 0 unspecified atom stereocenters. The van der Waals surface area contributed by atoms with E-state index in [0.29, 0.717) is 22.0 Å². The summed E-state index contributed by atoms with van der Waals surface area (Å²) in [7, 11) is -1.77. The number of hydrogen-bond donors (Lipinski definition) is 0. The topological polar surface area (TPSA) is 37.4 Å². The molecule has 1 saturated carbocycles. The molecular formula is C14H19BrClNO2S. The fourth-order valence-electron chi connectivity index (χ4n) is 2.65. The molecule has 0 N–H and O–H groups in total. The van der Waals surface area contributed by atoms with Crippen LogP contribution >= 0.6 is 27.5 Å². The Labute approximate surface area is 134 Å². The smallest absolute Gasteiger partial charge is 0.207 e. The lowest BCUT2D eigenvalue weighted by Crippen LogP contribution is -2.32. The first-order valence-corrected chi connectivity index (χ1v) is 9.44. The SMILES string of the molecule is CN(CC1CCCCC1)S(=O)(=O)c1ccc(Cl)c(Br)c1. The summed E-state index contributed by atoms with van der Waals surface area (Å²) in [6.07, 6.45) is 5.96. The van der Waals surface area contributed by atoms with Crippen molar-refractivity contribution in [2.75, 3.05) is 13.6 Å². The number of rotatable bonds is 4. The Hall–Kier alpha value is -0.100. The molecule has 0 radical (unpaired) electrons. The molecule has 0 aliphatic heterocycles. The molecule has 0 spiro atoms. The molecule has 112 valence electrons. The van der Waals surface area contributed by atoms with E-state index in [4.69, 9.17) is 11.6 Å². The van der Waals surface area contributed by atoms with Crippen LogP contribution in [-0.4, -0.2) is 26.3 Å². The first-order valence-electron chi connectivity index (χ1n) is 6.82. The fourth-order valence-corrected chi connectivity index (χ4v) is 4.57. The van der Waals surface area contributed by atoms with Crippen molar-refractivity contribution in [1.82, 2.24) is 4.31 Å². The standard InChI is InChI=1S/C14H19BrClNO2S/c1-17(10-11-5-3-2-4-6-11)20(18,19)12-7-8-14(16)13(15)9-12/h7-9,11H,2-6,10H2,1H3. The summed E-state index contributed by atoms with van der Waals surface area (Å²) >= 11 is 9.18. The average molecular weight is 381 g/mol. The van der Waals surface area contributed by atoms with Gasteiger partial charge in [0.1, 0.15) is 0 Å². The summed E-state index contributed by atoms with van der Waals surface area (Å²) in [5.41, 5.74) is 0. The van der Waals surface area contributed by atoms with Crippen LogP contribution in [-0.2, 0) is 10.0 Å². The Morgan fingerprint density at radius 1 is 1.30 bits per heavy atom. The summed E-state index contributed by atoms with van der Waals surface area (Å²) in [6, 6.07) is 4.72. The van der Waals surface area contributed by atoms with E-state index in [1.54, 1.807) is 25.2 Å². The zero-order valence-electron chi connectivity index (χ0n) is 11.5. The van der Waals surface area contributed by atoms with Crippen LogP contribution in [0.15, 0.2) is 27.6 Å². The Balaban J connectivity index is 2.13. The average Bonchev–Trinajstić information content (AvgIpc) is 2.42. The minimum absolute atomic E-state index is 0.284. The van der Waals surface area contributed by atoms with E-state index in [1.165, 1.54) is 23.6 Å². The number of benzene rings is 1. The van der Waals surface area contributed by atoms with Gasteiger partial charge in [0, 0.05) is 18.1 Å². The minimum atomic E-state index is -3.43. The summed E-state index contributed by atoms with van der Waals surface area (Å²) in [5.74, 6) is 0.485. The summed E-state index contributed by atoms with van der Waals surface area (Å²) < 4.78 is 27.1. The molecular weight excluding hydrogens is 362 g/mol. The summed E-state index contributed by atoms with van der Waals surface area (Å²) in [6.45, 7) is 0.600. The van der Waals surface area contributed by atoms with Gasteiger partial charge in [0.25, 0.3) is 0 Å². The van der Waals surface area contributed by atoms with Crippen molar-refractivity contribution in [3.8, 4) is 0 Å². The van der Waals surface area contributed by atoms with Gasteiger partial charge in [-0.3, -0.25) is 0 Å². The highest BCUT2D eigenvalue weighted by Gasteiger charge is 2.25. The van der Waals surface area contributed by atoms with Gasteiger partial charge in [0.2, 0.25) is 10.0 Å².